The van der Waals surface area contributed by atoms with E-state index in [0.29, 0.717) is 12.1 Å². The number of piperidine rings is 1. The number of fused-ring (bicyclic) bond motifs is 2. The van der Waals surface area contributed by atoms with Gasteiger partial charge in [0, 0.05) is 37.1 Å². The van der Waals surface area contributed by atoms with E-state index in [1.165, 1.54) is 0 Å². The molecule has 0 saturated carbocycles. The number of hydrogen-bond donors (Lipinski definition) is 1. The van der Waals surface area contributed by atoms with Crippen molar-refractivity contribution < 1.29 is 4.42 Å². The zero-order valence-electron chi connectivity index (χ0n) is 17.3. The van der Waals surface area contributed by atoms with Crippen molar-refractivity contribution in [1.82, 2.24) is 14.5 Å². The first-order valence-corrected chi connectivity index (χ1v) is 10.5. The van der Waals surface area contributed by atoms with Gasteiger partial charge in [0.2, 0.25) is 0 Å². The molecule has 0 bridgehead atoms. The lowest BCUT2D eigenvalue weighted by molar-refractivity contribution is 0.180. The molecule has 1 saturated heterocycles. The van der Waals surface area contributed by atoms with Crippen LogP contribution in [0.5, 0.6) is 0 Å². The Kier molecular flexibility index (Phi) is 4.59. The van der Waals surface area contributed by atoms with E-state index in [0.717, 1.165) is 59.0 Å². The highest BCUT2D eigenvalue weighted by atomic mass is 16.4. The molecule has 6 heteroatoms. The van der Waals surface area contributed by atoms with Crippen LogP contribution in [0.15, 0.2) is 56.5 Å². The highest BCUT2D eigenvalue weighted by Crippen LogP contribution is 2.28. The van der Waals surface area contributed by atoms with Crippen molar-refractivity contribution in [2.24, 2.45) is 0 Å². The molecular weight excluding hydrogens is 378 g/mol. The van der Waals surface area contributed by atoms with Crippen molar-refractivity contribution in [2.75, 3.05) is 13.1 Å². The Morgan fingerprint density at radius 2 is 1.83 bits per heavy atom. The second kappa shape index (κ2) is 7.29. The summed E-state index contributed by atoms with van der Waals surface area (Å²) >= 11 is 0. The van der Waals surface area contributed by atoms with Gasteiger partial charge in [-0.15, -0.1) is 0 Å². The second-order valence-electron chi connectivity index (χ2n) is 8.30. The Morgan fingerprint density at radius 1 is 1.07 bits per heavy atom. The summed E-state index contributed by atoms with van der Waals surface area (Å²) in [5, 5.41) is 1.01. The molecule has 30 heavy (non-hydrogen) atoms. The Bertz CT molecular complexity index is 1350. The molecule has 2 aromatic heterocycles. The summed E-state index contributed by atoms with van der Waals surface area (Å²) in [4.78, 5) is 30.0. The van der Waals surface area contributed by atoms with Gasteiger partial charge in [-0.05, 0) is 55.5 Å². The van der Waals surface area contributed by atoms with E-state index in [1.807, 2.05) is 48.7 Å². The van der Waals surface area contributed by atoms with Gasteiger partial charge in [0.15, 0.2) is 0 Å². The smallest absolute Gasteiger partial charge is 0.336 e. The number of hydrogen-bond acceptors (Lipinski definition) is 4. The minimum atomic E-state index is -0.300. The molecule has 0 spiro atoms. The van der Waals surface area contributed by atoms with Gasteiger partial charge in [-0.3, -0.25) is 9.47 Å². The lowest BCUT2D eigenvalue weighted by Crippen LogP contribution is -2.36. The lowest BCUT2D eigenvalue weighted by atomic mass is 10.0. The maximum atomic E-state index is 12.5. The maximum absolute atomic E-state index is 12.5. The second-order valence-corrected chi connectivity index (χ2v) is 8.30. The van der Waals surface area contributed by atoms with Crippen molar-refractivity contribution >= 4 is 22.0 Å². The molecule has 2 aromatic carbocycles. The average Bonchev–Trinajstić information content (AvgIpc) is 3.07. The lowest BCUT2D eigenvalue weighted by Gasteiger charge is -2.32. The van der Waals surface area contributed by atoms with Crippen LogP contribution in [0.1, 0.15) is 35.6 Å². The quantitative estimate of drug-likeness (QED) is 0.527. The van der Waals surface area contributed by atoms with Gasteiger partial charge < -0.3 is 9.40 Å². The summed E-state index contributed by atoms with van der Waals surface area (Å²) in [5.41, 5.74) is 5.36. The summed E-state index contributed by atoms with van der Waals surface area (Å²) < 4.78 is 7.42. The first kappa shape index (κ1) is 18.9. The number of likely N-dealkylation sites (tertiary alicyclic amines) is 1. The molecule has 154 valence electrons. The number of nitrogens with one attached hydrogen (secondary N) is 1. The summed E-state index contributed by atoms with van der Waals surface area (Å²) in [7, 11) is 0. The van der Waals surface area contributed by atoms with Gasteiger partial charge in [-0.25, -0.2) is 9.59 Å². The minimum absolute atomic E-state index is 0.0350. The van der Waals surface area contributed by atoms with E-state index < -0.39 is 0 Å². The van der Waals surface area contributed by atoms with Gasteiger partial charge in [-0.2, -0.15) is 0 Å². The first-order valence-electron chi connectivity index (χ1n) is 10.5. The van der Waals surface area contributed by atoms with E-state index in [-0.39, 0.29) is 17.4 Å². The zero-order chi connectivity index (χ0) is 20.8. The van der Waals surface area contributed by atoms with Crippen molar-refractivity contribution in [2.45, 2.75) is 39.3 Å². The summed E-state index contributed by atoms with van der Waals surface area (Å²) in [6, 6.07) is 13.8. The summed E-state index contributed by atoms with van der Waals surface area (Å²) in [5.74, 6) is 0. The molecule has 1 fully saturated rings. The molecular formula is C24H25N3O3. The largest absolute Gasteiger partial charge is 0.422 e. The third-order valence-electron chi connectivity index (χ3n) is 6.46. The van der Waals surface area contributed by atoms with E-state index in [1.54, 1.807) is 6.07 Å². The summed E-state index contributed by atoms with van der Waals surface area (Å²) in [6.07, 6.45) is 1.80. The van der Waals surface area contributed by atoms with Crippen LogP contribution < -0.4 is 11.3 Å². The number of aryl methyl sites for hydroxylation is 2. The number of aromatic amines is 1. The number of rotatable bonds is 3. The predicted molar refractivity (Wildman–Crippen MR) is 118 cm³/mol. The Morgan fingerprint density at radius 3 is 2.63 bits per heavy atom. The van der Waals surface area contributed by atoms with Gasteiger partial charge >= 0.3 is 11.3 Å². The van der Waals surface area contributed by atoms with Crippen LogP contribution in [0.3, 0.4) is 0 Å². The van der Waals surface area contributed by atoms with Crippen LogP contribution in [0, 0.1) is 13.8 Å². The fourth-order valence-electron chi connectivity index (χ4n) is 4.67. The first-order chi connectivity index (χ1) is 14.5. The third kappa shape index (κ3) is 3.17. The van der Waals surface area contributed by atoms with Gasteiger partial charge in [0.25, 0.3) is 0 Å². The Hall–Kier alpha value is -3.12. The minimum Gasteiger partial charge on any atom is -0.422 e. The zero-order valence-corrected chi connectivity index (χ0v) is 17.3. The van der Waals surface area contributed by atoms with Gasteiger partial charge in [0.1, 0.15) is 5.58 Å². The average molecular weight is 403 g/mol. The molecule has 0 unspecified atom stereocenters. The van der Waals surface area contributed by atoms with Crippen molar-refractivity contribution in [1.29, 1.82) is 0 Å². The maximum Gasteiger partial charge on any atom is 0.336 e. The molecule has 0 atom stereocenters. The Labute approximate surface area is 173 Å². The molecule has 1 aliphatic rings. The molecule has 4 aromatic rings. The fraction of sp³-hybridized carbons (Fsp3) is 0.333. The number of imidazole rings is 1. The van der Waals surface area contributed by atoms with Crippen LogP contribution in [0.4, 0.5) is 0 Å². The molecule has 5 rings (SSSR count). The molecule has 0 radical (unpaired) electrons. The number of aromatic nitrogens is 2. The van der Waals surface area contributed by atoms with Crippen LogP contribution in [0.25, 0.3) is 22.0 Å². The fourth-order valence-corrected chi connectivity index (χ4v) is 4.67. The highest BCUT2D eigenvalue weighted by Gasteiger charge is 2.24. The van der Waals surface area contributed by atoms with Crippen LogP contribution >= 0.6 is 0 Å². The number of H-pyrrole nitrogens is 1. The third-order valence-corrected chi connectivity index (χ3v) is 6.46. The van der Waals surface area contributed by atoms with Gasteiger partial charge in [-0.1, -0.05) is 24.3 Å². The van der Waals surface area contributed by atoms with E-state index in [4.69, 9.17) is 4.42 Å². The standard InChI is InChI=1S/C24H25N3O3/c1-15-7-8-19-17(13-22(28)30-23(19)16(15)2)14-26-11-9-18(10-12-26)27-21-6-4-3-5-20(21)25-24(27)29/h3-8,13,18H,9-12,14H2,1-2H3,(H,25,29). The predicted octanol–water partition coefficient (Wildman–Crippen LogP) is 3.89. The van der Waals surface area contributed by atoms with Crippen LogP contribution in [0.2, 0.25) is 0 Å². The molecule has 1 N–H and O–H groups in total. The highest BCUT2D eigenvalue weighted by molar-refractivity contribution is 5.83. The molecule has 0 aliphatic carbocycles. The SMILES string of the molecule is Cc1ccc2c(CN3CCC(n4c(=O)[nH]c5ccccc54)CC3)cc(=O)oc2c1C. The molecule has 0 amide bonds. The topological polar surface area (TPSA) is 71.2 Å². The van der Waals surface area contributed by atoms with Gasteiger partial charge in [0.05, 0.1) is 11.0 Å². The monoisotopic (exact) mass is 403 g/mol. The number of nitrogens with zero attached hydrogens (tertiary/aromatic N) is 2. The summed E-state index contributed by atoms with van der Waals surface area (Å²) in [6.45, 7) is 6.49. The van der Waals surface area contributed by atoms with E-state index >= 15 is 0 Å². The van der Waals surface area contributed by atoms with Crippen LogP contribution in [-0.4, -0.2) is 27.5 Å². The van der Waals surface area contributed by atoms with Crippen molar-refractivity contribution in [3.63, 3.8) is 0 Å². The van der Waals surface area contributed by atoms with Crippen molar-refractivity contribution in [3.8, 4) is 0 Å². The number of para-hydroxylation sites is 2. The Balaban J connectivity index is 1.38. The van der Waals surface area contributed by atoms with E-state index in [2.05, 4.69) is 16.0 Å². The normalized spacial score (nSPS) is 15.9. The van der Waals surface area contributed by atoms with Crippen molar-refractivity contribution in [3.05, 3.63) is 80.1 Å². The molecule has 1 aliphatic heterocycles. The molecule has 3 heterocycles. The van der Waals surface area contributed by atoms with E-state index in [9.17, 15) is 9.59 Å². The van der Waals surface area contributed by atoms with Crippen LogP contribution in [-0.2, 0) is 6.54 Å². The molecule has 6 nitrogen and oxygen atoms in total. The number of benzene rings is 2.